The van der Waals surface area contributed by atoms with Crippen LogP contribution in [0.5, 0.6) is 0 Å². The zero-order valence-corrected chi connectivity index (χ0v) is 20.0. The minimum atomic E-state index is -0.131. The standard InChI is InChI=1S/C26H32N6O/c1-18-16-19(2)28-26(27-18)31(5)22-10-6-20(7-11-22)25(33)29-21-8-12-23(13-9-21)32-15-14-24(17-32)30(3)4/h6-13,16,24H,14-15,17H2,1-5H3,(H,29,33). The molecular formula is C26H32N6O. The van der Waals surface area contributed by atoms with Crippen molar-refractivity contribution in [1.29, 1.82) is 0 Å². The van der Waals surface area contributed by atoms with Crippen LogP contribution in [0.4, 0.5) is 23.0 Å². The third-order valence-electron chi connectivity index (χ3n) is 6.17. The quantitative estimate of drug-likeness (QED) is 0.613. The van der Waals surface area contributed by atoms with Crippen LogP contribution in [0.2, 0.25) is 0 Å². The minimum absolute atomic E-state index is 0.131. The molecule has 7 nitrogen and oxygen atoms in total. The number of hydrogen-bond donors (Lipinski definition) is 1. The first-order chi connectivity index (χ1) is 15.8. The molecule has 1 fully saturated rings. The van der Waals surface area contributed by atoms with Crippen molar-refractivity contribution in [3.63, 3.8) is 0 Å². The van der Waals surface area contributed by atoms with Crippen LogP contribution in [0.3, 0.4) is 0 Å². The average Bonchev–Trinajstić information content (AvgIpc) is 3.29. The maximum absolute atomic E-state index is 12.7. The van der Waals surface area contributed by atoms with Gasteiger partial charge in [0.15, 0.2) is 0 Å². The van der Waals surface area contributed by atoms with Crippen LogP contribution in [0.15, 0.2) is 54.6 Å². The average molecular weight is 445 g/mol. The molecule has 1 atom stereocenters. The van der Waals surface area contributed by atoms with Crippen LogP contribution in [-0.2, 0) is 0 Å². The van der Waals surface area contributed by atoms with E-state index in [9.17, 15) is 4.79 Å². The van der Waals surface area contributed by atoms with Gasteiger partial charge in [-0.25, -0.2) is 9.97 Å². The van der Waals surface area contributed by atoms with Crippen molar-refractivity contribution in [2.75, 3.05) is 49.3 Å². The molecule has 1 aromatic heterocycles. The summed E-state index contributed by atoms with van der Waals surface area (Å²) in [6, 6.07) is 18.1. The molecule has 1 aliphatic rings. The third-order valence-corrected chi connectivity index (χ3v) is 6.17. The molecule has 0 saturated carbocycles. The van der Waals surface area contributed by atoms with Gasteiger partial charge in [-0.05, 0) is 89.0 Å². The van der Waals surface area contributed by atoms with Crippen LogP contribution in [0.1, 0.15) is 28.2 Å². The normalized spacial score (nSPS) is 15.7. The first-order valence-corrected chi connectivity index (χ1v) is 11.3. The van der Waals surface area contributed by atoms with Crippen molar-refractivity contribution in [3.05, 3.63) is 71.5 Å². The Morgan fingerprint density at radius 1 is 0.970 bits per heavy atom. The predicted molar refractivity (Wildman–Crippen MR) is 135 cm³/mol. The lowest BCUT2D eigenvalue weighted by Gasteiger charge is -2.22. The van der Waals surface area contributed by atoms with Crippen LogP contribution in [0, 0.1) is 13.8 Å². The molecule has 7 heteroatoms. The van der Waals surface area contributed by atoms with Crippen LogP contribution < -0.4 is 15.1 Å². The van der Waals surface area contributed by atoms with E-state index in [0.29, 0.717) is 17.6 Å². The molecule has 1 N–H and O–H groups in total. The van der Waals surface area contributed by atoms with Gasteiger partial charge < -0.3 is 20.0 Å². The predicted octanol–water partition coefficient (Wildman–Crippen LogP) is 4.25. The second-order valence-electron chi connectivity index (χ2n) is 8.91. The van der Waals surface area contributed by atoms with Crippen LogP contribution >= 0.6 is 0 Å². The van der Waals surface area contributed by atoms with E-state index in [2.05, 4.69) is 51.3 Å². The summed E-state index contributed by atoms with van der Waals surface area (Å²) in [7, 11) is 6.19. The van der Waals surface area contributed by atoms with E-state index < -0.39 is 0 Å². The maximum atomic E-state index is 12.7. The van der Waals surface area contributed by atoms with Crippen LogP contribution in [-0.4, -0.2) is 61.0 Å². The first kappa shape index (κ1) is 22.7. The summed E-state index contributed by atoms with van der Waals surface area (Å²) in [5.41, 5.74) is 5.35. The molecule has 172 valence electrons. The molecule has 1 saturated heterocycles. The number of carbonyl (C=O) groups excluding carboxylic acids is 1. The summed E-state index contributed by atoms with van der Waals surface area (Å²) < 4.78 is 0. The first-order valence-electron chi connectivity index (χ1n) is 11.3. The van der Waals surface area contributed by atoms with Gasteiger partial charge in [0.1, 0.15) is 0 Å². The molecule has 3 aromatic rings. The number of amides is 1. The Bertz CT molecular complexity index is 1090. The second kappa shape index (κ2) is 9.58. The van der Waals surface area contributed by atoms with Crippen molar-refractivity contribution in [1.82, 2.24) is 14.9 Å². The lowest BCUT2D eigenvalue weighted by molar-refractivity contribution is 0.102. The van der Waals surface area contributed by atoms with Crippen LogP contribution in [0.25, 0.3) is 0 Å². The van der Waals surface area contributed by atoms with E-state index in [4.69, 9.17) is 0 Å². The minimum Gasteiger partial charge on any atom is -0.370 e. The molecule has 1 unspecified atom stereocenters. The zero-order valence-electron chi connectivity index (χ0n) is 20.0. The van der Waals surface area contributed by atoms with E-state index >= 15 is 0 Å². The SMILES string of the molecule is Cc1cc(C)nc(N(C)c2ccc(C(=O)Nc3ccc(N4CCC(N(C)C)C4)cc3)cc2)n1. The highest BCUT2D eigenvalue weighted by Gasteiger charge is 2.24. The molecule has 0 spiro atoms. The number of nitrogens with one attached hydrogen (secondary N) is 1. The summed E-state index contributed by atoms with van der Waals surface area (Å²) in [6.07, 6.45) is 1.17. The third kappa shape index (κ3) is 5.31. The van der Waals surface area contributed by atoms with Gasteiger partial charge in [0.05, 0.1) is 0 Å². The van der Waals surface area contributed by atoms with Crippen molar-refractivity contribution >= 4 is 28.9 Å². The molecule has 0 radical (unpaired) electrons. The summed E-state index contributed by atoms with van der Waals surface area (Å²) in [6.45, 7) is 6.00. The largest absolute Gasteiger partial charge is 0.370 e. The lowest BCUT2D eigenvalue weighted by Crippen LogP contribution is -2.31. The van der Waals surface area contributed by atoms with Gasteiger partial charge in [0, 0.05) is 60.2 Å². The summed E-state index contributed by atoms with van der Waals surface area (Å²) in [4.78, 5) is 28.3. The Labute approximate surface area is 196 Å². The number of hydrogen-bond acceptors (Lipinski definition) is 6. The molecular weight excluding hydrogens is 412 g/mol. The van der Waals surface area contributed by atoms with E-state index in [-0.39, 0.29) is 5.91 Å². The highest BCUT2D eigenvalue weighted by Crippen LogP contribution is 2.25. The number of anilines is 4. The molecule has 2 aromatic carbocycles. The molecule has 33 heavy (non-hydrogen) atoms. The molecule has 0 bridgehead atoms. The number of carbonyl (C=O) groups is 1. The summed E-state index contributed by atoms with van der Waals surface area (Å²) in [5.74, 6) is 0.508. The fourth-order valence-corrected chi connectivity index (χ4v) is 4.17. The van der Waals surface area contributed by atoms with Gasteiger partial charge in [0.25, 0.3) is 5.91 Å². The van der Waals surface area contributed by atoms with Gasteiger partial charge in [-0.3, -0.25) is 4.79 Å². The van der Waals surface area contributed by atoms with E-state index in [1.54, 1.807) is 0 Å². The number of nitrogens with zero attached hydrogens (tertiary/aromatic N) is 5. The Morgan fingerprint density at radius 2 is 1.61 bits per heavy atom. The highest BCUT2D eigenvalue weighted by molar-refractivity contribution is 6.04. The lowest BCUT2D eigenvalue weighted by atomic mass is 10.1. The van der Waals surface area contributed by atoms with Gasteiger partial charge in [-0.2, -0.15) is 0 Å². The summed E-state index contributed by atoms with van der Waals surface area (Å²) in [5, 5.41) is 2.99. The van der Waals surface area contributed by atoms with Crippen molar-refractivity contribution in [3.8, 4) is 0 Å². The zero-order chi connectivity index (χ0) is 23.5. The highest BCUT2D eigenvalue weighted by atomic mass is 16.1. The Morgan fingerprint density at radius 3 is 2.18 bits per heavy atom. The van der Waals surface area contributed by atoms with E-state index in [1.165, 1.54) is 12.1 Å². The van der Waals surface area contributed by atoms with E-state index in [1.807, 2.05) is 68.3 Å². The second-order valence-corrected chi connectivity index (χ2v) is 8.91. The Kier molecular flexibility index (Phi) is 6.60. The molecule has 2 heterocycles. The van der Waals surface area contributed by atoms with Crippen molar-refractivity contribution in [2.45, 2.75) is 26.3 Å². The molecule has 1 aliphatic heterocycles. The smallest absolute Gasteiger partial charge is 0.255 e. The fraction of sp³-hybridized carbons (Fsp3) is 0.346. The number of aromatic nitrogens is 2. The maximum Gasteiger partial charge on any atom is 0.255 e. The molecule has 1 amide bonds. The molecule has 4 rings (SSSR count). The topological polar surface area (TPSA) is 64.6 Å². The summed E-state index contributed by atoms with van der Waals surface area (Å²) >= 11 is 0. The Hall–Kier alpha value is -3.45. The Balaban J connectivity index is 1.38. The van der Waals surface area contributed by atoms with Gasteiger partial charge in [-0.15, -0.1) is 0 Å². The van der Waals surface area contributed by atoms with Gasteiger partial charge in [-0.1, -0.05) is 0 Å². The number of aryl methyl sites for hydroxylation is 2. The van der Waals surface area contributed by atoms with Crippen molar-refractivity contribution < 1.29 is 4.79 Å². The van der Waals surface area contributed by atoms with E-state index in [0.717, 1.165) is 35.9 Å². The monoisotopic (exact) mass is 444 g/mol. The number of likely N-dealkylation sites (N-methyl/N-ethyl adjacent to an activating group) is 1. The fourth-order valence-electron chi connectivity index (χ4n) is 4.17. The van der Waals surface area contributed by atoms with Crippen molar-refractivity contribution in [2.24, 2.45) is 0 Å². The number of rotatable bonds is 6. The molecule has 0 aliphatic carbocycles. The van der Waals surface area contributed by atoms with Gasteiger partial charge in [0.2, 0.25) is 5.95 Å². The number of benzene rings is 2. The van der Waals surface area contributed by atoms with Gasteiger partial charge >= 0.3 is 0 Å².